The van der Waals surface area contributed by atoms with Crippen molar-refractivity contribution in [3.05, 3.63) is 35.4 Å². The van der Waals surface area contributed by atoms with Crippen LogP contribution in [-0.4, -0.2) is 17.7 Å². The quantitative estimate of drug-likeness (QED) is 0.766. The van der Waals surface area contributed by atoms with Gasteiger partial charge in [-0.2, -0.15) is 0 Å². The summed E-state index contributed by atoms with van der Waals surface area (Å²) in [6.07, 6.45) is 0. The molecule has 0 unspecified atom stereocenters. The van der Waals surface area contributed by atoms with Gasteiger partial charge < -0.3 is 10.4 Å². The lowest BCUT2D eigenvalue weighted by atomic mass is 9.95. The van der Waals surface area contributed by atoms with Crippen LogP contribution < -0.4 is 5.32 Å². The second-order valence-corrected chi connectivity index (χ2v) is 4.82. The highest BCUT2D eigenvalue weighted by Crippen LogP contribution is 2.18. The van der Waals surface area contributed by atoms with Crippen molar-refractivity contribution in [2.24, 2.45) is 0 Å². The van der Waals surface area contributed by atoms with Crippen molar-refractivity contribution in [1.29, 1.82) is 0 Å². The molecule has 2 heteroatoms. The van der Waals surface area contributed by atoms with E-state index in [9.17, 15) is 5.11 Å². The lowest BCUT2D eigenvalue weighted by molar-refractivity contribution is -0.695. The maximum atomic E-state index is 10.3. The molecule has 0 saturated heterocycles. The van der Waals surface area contributed by atoms with Crippen LogP contribution in [0.2, 0.25) is 0 Å². The van der Waals surface area contributed by atoms with E-state index in [4.69, 9.17) is 0 Å². The average molecular weight is 208 g/mol. The zero-order valence-corrected chi connectivity index (χ0v) is 10.1. The molecular weight excluding hydrogens is 186 g/mol. The third-order valence-electron chi connectivity index (χ3n) is 2.66. The Morgan fingerprint density at radius 1 is 1.27 bits per heavy atom. The second-order valence-electron chi connectivity index (χ2n) is 4.82. The van der Waals surface area contributed by atoms with Gasteiger partial charge in [0.15, 0.2) is 0 Å². The minimum atomic E-state index is -0.738. The van der Waals surface area contributed by atoms with Gasteiger partial charge in [0.05, 0.1) is 6.04 Å². The first-order chi connectivity index (χ1) is 6.92. The van der Waals surface area contributed by atoms with Gasteiger partial charge in [-0.15, -0.1) is 0 Å². The first kappa shape index (κ1) is 12.2. The van der Waals surface area contributed by atoms with Crippen molar-refractivity contribution in [3.63, 3.8) is 0 Å². The summed E-state index contributed by atoms with van der Waals surface area (Å²) in [5.74, 6) is 0. The van der Waals surface area contributed by atoms with E-state index in [0.29, 0.717) is 12.6 Å². The average Bonchev–Trinajstić information content (AvgIpc) is 2.16. The van der Waals surface area contributed by atoms with E-state index < -0.39 is 5.60 Å². The van der Waals surface area contributed by atoms with Gasteiger partial charge in [-0.05, 0) is 33.3 Å². The molecule has 0 heterocycles. The standard InChI is InChI=1S/C13H21NO/c1-10(2)14-9-13(4,15)12-7-5-11(3)6-8-12/h5-8,10,14-15H,9H2,1-4H3/p+1/t13-/m0/s1. The molecule has 1 aromatic carbocycles. The molecule has 1 atom stereocenters. The fourth-order valence-electron chi connectivity index (χ4n) is 1.50. The maximum absolute atomic E-state index is 10.3. The number of benzene rings is 1. The van der Waals surface area contributed by atoms with Gasteiger partial charge in [0.2, 0.25) is 0 Å². The highest BCUT2D eigenvalue weighted by Gasteiger charge is 2.25. The molecule has 0 aliphatic heterocycles. The van der Waals surface area contributed by atoms with Crippen molar-refractivity contribution in [1.82, 2.24) is 0 Å². The van der Waals surface area contributed by atoms with Crippen LogP contribution in [0.15, 0.2) is 24.3 Å². The normalized spacial score (nSPS) is 15.3. The highest BCUT2D eigenvalue weighted by atomic mass is 16.3. The van der Waals surface area contributed by atoms with E-state index in [1.165, 1.54) is 5.56 Å². The Kier molecular flexibility index (Phi) is 3.89. The third kappa shape index (κ3) is 3.65. The summed E-state index contributed by atoms with van der Waals surface area (Å²) >= 11 is 0. The molecule has 1 rings (SSSR count). The maximum Gasteiger partial charge on any atom is 0.135 e. The number of aryl methyl sites for hydroxylation is 1. The molecule has 0 amide bonds. The van der Waals surface area contributed by atoms with Crippen molar-refractivity contribution in [2.45, 2.75) is 39.3 Å². The summed E-state index contributed by atoms with van der Waals surface area (Å²) in [4.78, 5) is 0. The zero-order chi connectivity index (χ0) is 11.5. The van der Waals surface area contributed by atoms with E-state index >= 15 is 0 Å². The molecule has 0 saturated carbocycles. The number of hydrogen-bond acceptors (Lipinski definition) is 1. The molecule has 15 heavy (non-hydrogen) atoms. The number of quaternary nitrogens is 1. The number of nitrogens with two attached hydrogens (primary N) is 1. The molecule has 1 aromatic rings. The summed E-state index contributed by atoms with van der Waals surface area (Å²) in [5, 5.41) is 12.4. The topological polar surface area (TPSA) is 36.8 Å². The fraction of sp³-hybridized carbons (Fsp3) is 0.538. The second kappa shape index (κ2) is 4.77. The Labute approximate surface area is 92.3 Å². The van der Waals surface area contributed by atoms with Crippen molar-refractivity contribution < 1.29 is 10.4 Å². The first-order valence-electron chi connectivity index (χ1n) is 5.54. The van der Waals surface area contributed by atoms with Crippen molar-refractivity contribution >= 4 is 0 Å². The Morgan fingerprint density at radius 3 is 2.27 bits per heavy atom. The summed E-state index contributed by atoms with van der Waals surface area (Å²) < 4.78 is 0. The van der Waals surface area contributed by atoms with Crippen molar-refractivity contribution in [3.8, 4) is 0 Å². The number of aliphatic hydroxyl groups is 1. The Morgan fingerprint density at radius 2 is 1.80 bits per heavy atom. The van der Waals surface area contributed by atoms with Crippen LogP contribution in [0.3, 0.4) is 0 Å². The van der Waals surface area contributed by atoms with E-state index in [1.54, 1.807) is 0 Å². The summed E-state index contributed by atoms with van der Waals surface area (Å²) in [5.41, 5.74) is 1.48. The molecule has 0 aliphatic rings. The molecule has 0 aliphatic carbocycles. The third-order valence-corrected chi connectivity index (χ3v) is 2.66. The monoisotopic (exact) mass is 208 g/mol. The van der Waals surface area contributed by atoms with Crippen LogP contribution in [-0.2, 0) is 5.60 Å². The fourth-order valence-corrected chi connectivity index (χ4v) is 1.50. The Balaban J connectivity index is 2.72. The molecule has 3 N–H and O–H groups in total. The minimum absolute atomic E-state index is 0.516. The smallest absolute Gasteiger partial charge is 0.135 e. The molecule has 0 aromatic heterocycles. The van der Waals surface area contributed by atoms with E-state index in [-0.39, 0.29) is 0 Å². The van der Waals surface area contributed by atoms with E-state index in [1.807, 2.05) is 31.2 Å². The van der Waals surface area contributed by atoms with Gasteiger partial charge >= 0.3 is 0 Å². The molecule has 0 fully saturated rings. The van der Waals surface area contributed by atoms with Gasteiger partial charge in [-0.1, -0.05) is 29.8 Å². The Bertz CT molecular complexity index is 301. The molecule has 84 valence electrons. The van der Waals surface area contributed by atoms with Gasteiger partial charge in [-0.25, -0.2) is 0 Å². The van der Waals surface area contributed by atoms with Gasteiger partial charge in [-0.3, -0.25) is 0 Å². The molecule has 0 radical (unpaired) electrons. The highest BCUT2D eigenvalue weighted by molar-refractivity contribution is 5.25. The van der Waals surface area contributed by atoms with E-state index in [2.05, 4.69) is 26.1 Å². The largest absolute Gasteiger partial charge is 0.380 e. The summed E-state index contributed by atoms with van der Waals surface area (Å²) in [6.45, 7) is 8.89. The lowest BCUT2D eigenvalue weighted by Gasteiger charge is -2.23. The Hall–Kier alpha value is -0.860. The molecule has 2 nitrogen and oxygen atoms in total. The SMILES string of the molecule is Cc1ccc([C@@](C)(O)C[NH2+]C(C)C)cc1. The molecular formula is C13H22NO+. The predicted molar refractivity (Wildman–Crippen MR) is 62.7 cm³/mol. The van der Waals surface area contributed by atoms with Crippen molar-refractivity contribution in [2.75, 3.05) is 6.54 Å². The summed E-state index contributed by atoms with van der Waals surface area (Å²) in [6, 6.07) is 8.60. The van der Waals surface area contributed by atoms with E-state index in [0.717, 1.165) is 5.56 Å². The molecule has 0 bridgehead atoms. The van der Waals surface area contributed by atoms with Gasteiger partial charge in [0.25, 0.3) is 0 Å². The zero-order valence-electron chi connectivity index (χ0n) is 10.1. The predicted octanol–water partition coefficient (Wildman–Crippen LogP) is 1.17. The van der Waals surface area contributed by atoms with Crippen LogP contribution >= 0.6 is 0 Å². The van der Waals surface area contributed by atoms with Crippen LogP contribution in [0.1, 0.15) is 31.9 Å². The summed E-state index contributed by atoms with van der Waals surface area (Å²) in [7, 11) is 0. The molecule has 0 spiro atoms. The van der Waals surface area contributed by atoms with Crippen LogP contribution in [0.25, 0.3) is 0 Å². The minimum Gasteiger partial charge on any atom is -0.380 e. The van der Waals surface area contributed by atoms with Crippen LogP contribution in [0.5, 0.6) is 0 Å². The van der Waals surface area contributed by atoms with Gasteiger partial charge in [0.1, 0.15) is 12.1 Å². The first-order valence-corrected chi connectivity index (χ1v) is 5.54. The van der Waals surface area contributed by atoms with Gasteiger partial charge in [0, 0.05) is 0 Å². The number of rotatable bonds is 4. The lowest BCUT2D eigenvalue weighted by Crippen LogP contribution is -2.91. The van der Waals surface area contributed by atoms with Crippen LogP contribution in [0.4, 0.5) is 0 Å². The number of hydrogen-bond donors (Lipinski definition) is 2. The van der Waals surface area contributed by atoms with Crippen LogP contribution in [0, 0.1) is 6.92 Å².